The number of aromatic nitrogens is 3. The number of nitrogens with zero attached hydrogens (tertiary/aromatic N) is 3. The van der Waals surface area contributed by atoms with E-state index in [1.54, 1.807) is 6.07 Å². The fourth-order valence-corrected chi connectivity index (χ4v) is 4.56. The zero-order chi connectivity index (χ0) is 22.6. The molecule has 1 aliphatic heterocycles. The quantitative estimate of drug-likeness (QED) is 0.649. The number of halogens is 3. The second-order valence-corrected chi connectivity index (χ2v) is 9.27. The van der Waals surface area contributed by atoms with Crippen molar-refractivity contribution < 1.29 is 22.4 Å². The molecule has 0 saturated carbocycles. The molecule has 31 heavy (non-hydrogen) atoms. The normalized spacial score (nSPS) is 18.9. The van der Waals surface area contributed by atoms with Crippen LogP contribution in [0.15, 0.2) is 35.1 Å². The summed E-state index contributed by atoms with van der Waals surface area (Å²) >= 11 is 0. The van der Waals surface area contributed by atoms with Gasteiger partial charge in [0.05, 0.1) is 12.5 Å². The molecule has 1 amide bonds. The molecule has 166 valence electrons. The first-order chi connectivity index (χ1) is 14.3. The van der Waals surface area contributed by atoms with Gasteiger partial charge in [0, 0.05) is 17.1 Å². The summed E-state index contributed by atoms with van der Waals surface area (Å²) in [5.41, 5.74) is -1.65. The lowest BCUT2D eigenvalue weighted by Crippen LogP contribution is -2.62. The zero-order valence-electron chi connectivity index (χ0n) is 17.7. The van der Waals surface area contributed by atoms with E-state index in [-0.39, 0.29) is 39.8 Å². The first kappa shape index (κ1) is 21.4. The summed E-state index contributed by atoms with van der Waals surface area (Å²) in [4.78, 5) is 17.3. The van der Waals surface area contributed by atoms with Crippen LogP contribution in [0.4, 0.5) is 13.2 Å². The third-order valence-corrected chi connectivity index (χ3v) is 5.31. The SMILES string of the molecule is CC1(C)CC(NC(=O)c2cnn3c(C(F)(F)F)cc(-c4ccco4)nc23)CC(C)(C)N1. The van der Waals surface area contributed by atoms with Crippen molar-refractivity contribution in [1.29, 1.82) is 0 Å². The Kier molecular flexibility index (Phi) is 4.88. The van der Waals surface area contributed by atoms with Crippen LogP contribution in [0.5, 0.6) is 0 Å². The Bertz CT molecular complexity index is 1100. The Balaban J connectivity index is 1.73. The van der Waals surface area contributed by atoms with E-state index in [1.165, 1.54) is 12.3 Å². The van der Waals surface area contributed by atoms with Crippen LogP contribution in [0.1, 0.15) is 56.6 Å². The molecule has 0 aliphatic carbocycles. The fourth-order valence-electron chi connectivity index (χ4n) is 4.56. The molecule has 0 unspecified atom stereocenters. The summed E-state index contributed by atoms with van der Waals surface area (Å²) in [6.07, 6.45) is -0.860. The zero-order valence-corrected chi connectivity index (χ0v) is 17.7. The first-order valence-electron chi connectivity index (χ1n) is 9.95. The monoisotopic (exact) mass is 435 g/mol. The van der Waals surface area contributed by atoms with Crippen molar-refractivity contribution in [1.82, 2.24) is 25.2 Å². The molecule has 4 rings (SSSR count). The molecule has 0 bridgehead atoms. The van der Waals surface area contributed by atoms with Crippen LogP contribution < -0.4 is 10.6 Å². The molecule has 0 aromatic carbocycles. The van der Waals surface area contributed by atoms with E-state index in [0.29, 0.717) is 17.4 Å². The Morgan fingerprint density at radius 3 is 2.52 bits per heavy atom. The van der Waals surface area contributed by atoms with Crippen LogP contribution in [-0.2, 0) is 6.18 Å². The first-order valence-corrected chi connectivity index (χ1v) is 9.95. The van der Waals surface area contributed by atoms with Crippen LogP contribution >= 0.6 is 0 Å². The maximum Gasteiger partial charge on any atom is 0.433 e. The largest absolute Gasteiger partial charge is 0.463 e. The van der Waals surface area contributed by atoms with Gasteiger partial charge in [-0.3, -0.25) is 4.79 Å². The van der Waals surface area contributed by atoms with Crippen molar-refractivity contribution >= 4 is 11.6 Å². The summed E-state index contributed by atoms with van der Waals surface area (Å²) in [5.74, 6) is -0.340. The highest BCUT2D eigenvalue weighted by Gasteiger charge is 2.39. The van der Waals surface area contributed by atoms with Crippen LogP contribution in [0.2, 0.25) is 0 Å². The Morgan fingerprint density at radius 2 is 1.94 bits per heavy atom. The standard InChI is InChI=1S/C21H24F3N5O2/c1-19(2)9-12(10-20(3,4)28-19)26-18(30)13-11-25-29-16(21(22,23)24)8-14(27-17(13)29)15-6-5-7-31-15/h5-8,11-12,28H,9-10H2,1-4H3,(H,26,30). The minimum absolute atomic E-state index is 0.0203. The summed E-state index contributed by atoms with van der Waals surface area (Å²) in [7, 11) is 0. The molecule has 1 saturated heterocycles. The van der Waals surface area contributed by atoms with Gasteiger partial charge in [0.15, 0.2) is 17.1 Å². The van der Waals surface area contributed by atoms with Crippen molar-refractivity contribution in [2.24, 2.45) is 0 Å². The molecular formula is C21H24F3N5O2. The van der Waals surface area contributed by atoms with Gasteiger partial charge in [-0.15, -0.1) is 0 Å². The van der Waals surface area contributed by atoms with Crippen molar-refractivity contribution in [3.05, 3.63) is 41.9 Å². The number of hydrogen-bond acceptors (Lipinski definition) is 5. The lowest BCUT2D eigenvalue weighted by atomic mass is 9.79. The molecule has 10 heteroatoms. The molecular weight excluding hydrogens is 411 g/mol. The summed E-state index contributed by atoms with van der Waals surface area (Å²) < 4.78 is 46.9. The molecule has 7 nitrogen and oxygen atoms in total. The molecule has 0 spiro atoms. The third kappa shape index (κ3) is 4.30. The maximum absolute atomic E-state index is 13.7. The maximum atomic E-state index is 13.7. The van der Waals surface area contributed by atoms with Gasteiger partial charge in [0.1, 0.15) is 11.3 Å². The minimum atomic E-state index is -4.69. The number of amides is 1. The number of fused-ring (bicyclic) bond motifs is 1. The molecule has 3 aromatic heterocycles. The van der Waals surface area contributed by atoms with Gasteiger partial charge in [-0.2, -0.15) is 18.3 Å². The molecule has 1 aliphatic rings. The molecule has 2 N–H and O–H groups in total. The Morgan fingerprint density at radius 1 is 1.26 bits per heavy atom. The predicted octanol–water partition coefficient (Wildman–Crippen LogP) is 4.05. The molecule has 3 aromatic rings. The summed E-state index contributed by atoms with van der Waals surface area (Å²) in [6.45, 7) is 8.20. The lowest BCUT2D eigenvalue weighted by molar-refractivity contribution is -0.142. The van der Waals surface area contributed by atoms with Crippen molar-refractivity contribution in [2.45, 2.75) is 63.8 Å². The Labute approximate surface area is 177 Å². The highest BCUT2D eigenvalue weighted by atomic mass is 19.4. The highest BCUT2D eigenvalue weighted by molar-refractivity contribution is 6.00. The third-order valence-electron chi connectivity index (χ3n) is 5.31. The predicted molar refractivity (Wildman–Crippen MR) is 107 cm³/mol. The van der Waals surface area contributed by atoms with E-state index in [0.717, 1.165) is 12.3 Å². The number of hydrogen-bond donors (Lipinski definition) is 2. The van der Waals surface area contributed by atoms with Crippen LogP contribution in [0.25, 0.3) is 17.1 Å². The highest BCUT2D eigenvalue weighted by Crippen LogP contribution is 2.33. The molecule has 0 atom stereocenters. The van der Waals surface area contributed by atoms with Gasteiger partial charge in [0.25, 0.3) is 5.91 Å². The fraction of sp³-hybridized carbons (Fsp3) is 0.476. The van der Waals surface area contributed by atoms with Crippen LogP contribution in [0.3, 0.4) is 0 Å². The van der Waals surface area contributed by atoms with Crippen LogP contribution in [0, 0.1) is 0 Å². The van der Waals surface area contributed by atoms with Gasteiger partial charge in [-0.1, -0.05) is 0 Å². The number of nitrogens with one attached hydrogen (secondary N) is 2. The average Bonchev–Trinajstić information content (AvgIpc) is 3.26. The van der Waals surface area contributed by atoms with Gasteiger partial charge in [-0.05, 0) is 58.7 Å². The van der Waals surface area contributed by atoms with Gasteiger partial charge in [-0.25, -0.2) is 9.50 Å². The summed E-state index contributed by atoms with van der Waals surface area (Å²) in [5, 5.41) is 10.3. The second kappa shape index (κ2) is 7.08. The average molecular weight is 435 g/mol. The minimum Gasteiger partial charge on any atom is -0.463 e. The summed E-state index contributed by atoms with van der Waals surface area (Å²) in [6, 6.07) is 3.77. The van der Waals surface area contributed by atoms with Gasteiger partial charge >= 0.3 is 6.18 Å². The van der Waals surface area contributed by atoms with Crippen molar-refractivity contribution in [3.63, 3.8) is 0 Å². The van der Waals surface area contributed by atoms with E-state index in [4.69, 9.17) is 4.42 Å². The number of carbonyl (C=O) groups excluding carboxylic acids is 1. The van der Waals surface area contributed by atoms with E-state index in [2.05, 4.69) is 48.4 Å². The number of rotatable bonds is 3. The van der Waals surface area contributed by atoms with E-state index >= 15 is 0 Å². The molecule has 4 heterocycles. The van der Waals surface area contributed by atoms with Crippen LogP contribution in [-0.4, -0.2) is 37.6 Å². The molecule has 0 radical (unpaired) electrons. The van der Waals surface area contributed by atoms with E-state index < -0.39 is 17.8 Å². The van der Waals surface area contributed by atoms with Gasteiger partial charge < -0.3 is 15.1 Å². The number of carbonyl (C=O) groups is 1. The Hall–Kier alpha value is -2.88. The number of alkyl halides is 3. The second-order valence-electron chi connectivity index (χ2n) is 9.27. The van der Waals surface area contributed by atoms with Gasteiger partial charge in [0.2, 0.25) is 0 Å². The number of piperidine rings is 1. The lowest BCUT2D eigenvalue weighted by Gasteiger charge is -2.46. The van der Waals surface area contributed by atoms with E-state index in [9.17, 15) is 18.0 Å². The smallest absolute Gasteiger partial charge is 0.433 e. The number of furan rings is 1. The topological polar surface area (TPSA) is 84.5 Å². The molecule has 1 fully saturated rings. The van der Waals surface area contributed by atoms with E-state index in [1.807, 2.05) is 0 Å². The van der Waals surface area contributed by atoms with Crippen molar-refractivity contribution in [3.8, 4) is 11.5 Å². The van der Waals surface area contributed by atoms with Crippen molar-refractivity contribution in [2.75, 3.05) is 0 Å².